The monoisotopic (exact) mass is 264 g/mol. The topological polar surface area (TPSA) is 92.4 Å². The maximum absolute atomic E-state index is 11.9. The summed E-state index contributed by atoms with van der Waals surface area (Å²) in [6.45, 7) is 5.64. The van der Waals surface area contributed by atoms with E-state index in [0.717, 1.165) is 0 Å². The molecule has 1 aromatic carbocycles. The van der Waals surface area contributed by atoms with Crippen molar-refractivity contribution in [3.8, 4) is 0 Å². The third-order valence-corrected chi connectivity index (χ3v) is 2.88. The lowest BCUT2D eigenvalue weighted by molar-refractivity contribution is -0.117. The van der Waals surface area contributed by atoms with Crippen LogP contribution in [0.5, 0.6) is 0 Å². The number of aromatic carboxylic acids is 1. The van der Waals surface area contributed by atoms with Gasteiger partial charge in [0.1, 0.15) is 0 Å². The van der Waals surface area contributed by atoms with Crippen LogP contribution in [0.25, 0.3) is 0 Å². The highest BCUT2D eigenvalue weighted by Crippen LogP contribution is 2.19. The first-order valence-corrected chi connectivity index (χ1v) is 6.22. The van der Waals surface area contributed by atoms with Crippen molar-refractivity contribution in [2.24, 2.45) is 11.7 Å². The first kappa shape index (κ1) is 15.2. The smallest absolute Gasteiger partial charge is 0.336 e. The maximum atomic E-state index is 11.9. The molecular weight excluding hydrogens is 244 g/mol. The van der Waals surface area contributed by atoms with Crippen LogP contribution < -0.4 is 11.1 Å². The van der Waals surface area contributed by atoms with Crippen molar-refractivity contribution in [2.75, 3.05) is 5.32 Å². The number of nitrogens with two attached hydrogens (primary N) is 1. The van der Waals surface area contributed by atoms with Gasteiger partial charge in [0.25, 0.3) is 0 Å². The SMILES string of the molecule is Cc1c(NC(=O)C(N)CC(C)C)cccc1C(=O)O. The molecule has 5 nitrogen and oxygen atoms in total. The summed E-state index contributed by atoms with van der Waals surface area (Å²) in [4.78, 5) is 22.9. The van der Waals surface area contributed by atoms with Gasteiger partial charge in [-0.2, -0.15) is 0 Å². The van der Waals surface area contributed by atoms with Gasteiger partial charge in [0.2, 0.25) is 5.91 Å². The van der Waals surface area contributed by atoms with E-state index >= 15 is 0 Å². The predicted molar refractivity (Wildman–Crippen MR) is 74.2 cm³/mol. The van der Waals surface area contributed by atoms with Crippen molar-refractivity contribution in [1.82, 2.24) is 0 Å². The molecule has 4 N–H and O–H groups in total. The van der Waals surface area contributed by atoms with E-state index in [1.807, 2.05) is 13.8 Å². The molecule has 1 rings (SSSR count). The van der Waals surface area contributed by atoms with Crippen LogP contribution in [0.3, 0.4) is 0 Å². The number of anilines is 1. The molecule has 1 atom stereocenters. The minimum atomic E-state index is -1.01. The van der Waals surface area contributed by atoms with Crippen LogP contribution >= 0.6 is 0 Å². The molecular formula is C14H20N2O3. The number of amides is 1. The van der Waals surface area contributed by atoms with Crippen LogP contribution in [-0.4, -0.2) is 23.0 Å². The lowest BCUT2D eigenvalue weighted by atomic mass is 10.0. The number of carboxylic acid groups (broad SMARTS) is 1. The number of hydrogen-bond donors (Lipinski definition) is 3. The summed E-state index contributed by atoms with van der Waals surface area (Å²) in [7, 11) is 0. The Balaban J connectivity index is 2.86. The van der Waals surface area contributed by atoms with Crippen molar-refractivity contribution >= 4 is 17.6 Å². The third kappa shape index (κ3) is 4.06. The summed E-state index contributed by atoms with van der Waals surface area (Å²) in [6, 6.07) is 4.18. The van der Waals surface area contributed by atoms with E-state index in [-0.39, 0.29) is 11.5 Å². The van der Waals surface area contributed by atoms with Gasteiger partial charge in [-0.3, -0.25) is 4.79 Å². The molecule has 0 heterocycles. The van der Waals surface area contributed by atoms with Gasteiger partial charge in [0, 0.05) is 5.69 Å². The second kappa shape index (κ2) is 6.33. The summed E-state index contributed by atoms with van der Waals surface area (Å²) < 4.78 is 0. The molecule has 0 aliphatic rings. The molecule has 0 spiro atoms. The van der Waals surface area contributed by atoms with Gasteiger partial charge >= 0.3 is 5.97 Å². The van der Waals surface area contributed by atoms with Crippen LogP contribution in [0.1, 0.15) is 36.2 Å². The van der Waals surface area contributed by atoms with Crippen molar-refractivity contribution in [3.63, 3.8) is 0 Å². The second-order valence-electron chi connectivity index (χ2n) is 5.01. The fourth-order valence-electron chi connectivity index (χ4n) is 1.84. The fourth-order valence-corrected chi connectivity index (χ4v) is 1.84. The molecule has 0 aromatic heterocycles. The van der Waals surface area contributed by atoms with Crippen molar-refractivity contribution in [1.29, 1.82) is 0 Å². The van der Waals surface area contributed by atoms with Gasteiger partial charge in [-0.25, -0.2) is 4.79 Å². The Morgan fingerprint density at radius 2 is 2.00 bits per heavy atom. The minimum absolute atomic E-state index is 0.176. The molecule has 104 valence electrons. The van der Waals surface area contributed by atoms with Crippen LogP contribution in [0.15, 0.2) is 18.2 Å². The average Bonchev–Trinajstić information content (AvgIpc) is 2.30. The zero-order valence-corrected chi connectivity index (χ0v) is 11.4. The highest BCUT2D eigenvalue weighted by molar-refractivity contribution is 5.98. The highest BCUT2D eigenvalue weighted by atomic mass is 16.4. The fraction of sp³-hybridized carbons (Fsp3) is 0.429. The summed E-state index contributed by atoms with van der Waals surface area (Å²) in [5, 5.41) is 11.7. The number of hydrogen-bond acceptors (Lipinski definition) is 3. The van der Waals surface area contributed by atoms with Crippen molar-refractivity contribution in [3.05, 3.63) is 29.3 Å². The van der Waals surface area contributed by atoms with Crippen LogP contribution in [0.4, 0.5) is 5.69 Å². The minimum Gasteiger partial charge on any atom is -0.478 e. The molecule has 0 saturated heterocycles. The first-order chi connectivity index (χ1) is 8.82. The summed E-state index contributed by atoms with van der Waals surface area (Å²) in [6.07, 6.45) is 0.587. The van der Waals surface area contributed by atoms with E-state index in [0.29, 0.717) is 23.6 Å². The van der Waals surface area contributed by atoms with Gasteiger partial charge in [-0.15, -0.1) is 0 Å². The molecule has 5 heteroatoms. The summed E-state index contributed by atoms with van der Waals surface area (Å²) in [5.41, 5.74) is 6.98. The van der Waals surface area contributed by atoms with Crippen molar-refractivity contribution < 1.29 is 14.7 Å². The number of nitrogens with one attached hydrogen (secondary N) is 1. The highest BCUT2D eigenvalue weighted by Gasteiger charge is 2.17. The van der Waals surface area contributed by atoms with Crippen LogP contribution in [0, 0.1) is 12.8 Å². The number of rotatable bonds is 5. The van der Waals surface area contributed by atoms with Gasteiger partial charge in [0.05, 0.1) is 11.6 Å². The number of carboxylic acids is 1. The average molecular weight is 264 g/mol. The molecule has 1 unspecified atom stereocenters. The van der Waals surface area contributed by atoms with Crippen molar-refractivity contribution in [2.45, 2.75) is 33.2 Å². The Kier molecular flexibility index (Phi) is 5.06. The van der Waals surface area contributed by atoms with E-state index in [4.69, 9.17) is 10.8 Å². The summed E-state index contributed by atoms with van der Waals surface area (Å²) in [5.74, 6) is -0.980. The molecule has 0 radical (unpaired) electrons. The molecule has 1 amide bonds. The Morgan fingerprint density at radius 1 is 1.37 bits per heavy atom. The van der Waals surface area contributed by atoms with Gasteiger partial charge in [-0.05, 0) is 37.0 Å². The zero-order chi connectivity index (χ0) is 14.6. The first-order valence-electron chi connectivity index (χ1n) is 6.22. The van der Waals surface area contributed by atoms with E-state index in [1.165, 1.54) is 6.07 Å². The molecule has 0 fully saturated rings. The van der Waals surface area contributed by atoms with E-state index in [9.17, 15) is 9.59 Å². The van der Waals surface area contributed by atoms with Gasteiger partial charge in [0.15, 0.2) is 0 Å². The van der Waals surface area contributed by atoms with Gasteiger partial charge < -0.3 is 16.2 Å². The second-order valence-corrected chi connectivity index (χ2v) is 5.01. The maximum Gasteiger partial charge on any atom is 0.336 e. The lowest BCUT2D eigenvalue weighted by Gasteiger charge is -2.16. The van der Waals surface area contributed by atoms with E-state index in [1.54, 1.807) is 19.1 Å². The predicted octanol–water partition coefficient (Wildman–Crippen LogP) is 2.01. The van der Waals surface area contributed by atoms with E-state index < -0.39 is 12.0 Å². The number of benzene rings is 1. The van der Waals surface area contributed by atoms with Crippen LogP contribution in [0.2, 0.25) is 0 Å². The Bertz CT molecular complexity index is 484. The quantitative estimate of drug-likeness (QED) is 0.758. The Morgan fingerprint density at radius 3 is 2.53 bits per heavy atom. The van der Waals surface area contributed by atoms with E-state index in [2.05, 4.69) is 5.32 Å². The standard InChI is InChI=1S/C14H20N2O3/c1-8(2)7-11(15)13(17)16-12-6-4-5-10(9(12)3)14(18)19/h4-6,8,11H,7,15H2,1-3H3,(H,16,17)(H,18,19). The third-order valence-electron chi connectivity index (χ3n) is 2.88. The normalized spacial score (nSPS) is 12.3. The number of carbonyl (C=O) groups is 2. The van der Waals surface area contributed by atoms with Gasteiger partial charge in [-0.1, -0.05) is 19.9 Å². The van der Waals surface area contributed by atoms with Crippen LogP contribution in [-0.2, 0) is 4.79 Å². The lowest BCUT2D eigenvalue weighted by Crippen LogP contribution is -2.36. The molecule has 0 saturated carbocycles. The number of carbonyl (C=O) groups excluding carboxylic acids is 1. The molecule has 19 heavy (non-hydrogen) atoms. The molecule has 0 aliphatic heterocycles. The Labute approximate surface area is 112 Å². The largest absolute Gasteiger partial charge is 0.478 e. The summed E-state index contributed by atoms with van der Waals surface area (Å²) >= 11 is 0. The molecule has 0 aliphatic carbocycles. The molecule has 1 aromatic rings. The zero-order valence-electron chi connectivity index (χ0n) is 11.4. The Hall–Kier alpha value is -1.88. The molecule has 0 bridgehead atoms.